The number of fused-ring (bicyclic) bond motifs is 1. The van der Waals surface area contributed by atoms with Gasteiger partial charge in [0.2, 0.25) is 5.91 Å². The number of carbonyl (C=O) groups is 2. The molecule has 0 bridgehead atoms. The van der Waals surface area contributed by atoms with Crippen LogP contribution in [0.3, 0.4) is 0 Å². The number of nitrogens with one attached hydrogen (secondary N) is 2. The molecule has 3 aromatic carbocycles. The normalized spacial score (nSPS) is 15.2. The molecule has 1 heterocycles. The maximum absolute atomic E-state index is 13.4. The fraction of sp³-hybridized carbons (Fsp3) is 0.167. The van der Waals surface area contributed by atoms with Crippen molar-refractivity contribution in [1.82, 2.24) is 0 Å². The van der Waals surface area contributed by atoms with Gasteiger partial charge >= 0.3 is 0 Å². The molecule has 0 radical (unpaired) electrons. The quantitative estimate of drug-likeness (QED) is 0.615. The molecule has 0 spiro atoms. The predicted molar refractivity (Wildman–Crippen MR) is 124 cm³/mol. The molecule has 3 aromatic rings. The summed E-state index contributed by atoms with van der Waals surface area (Å²) in [5, 5.41) is 5.40. The topological polar surface area (TPSA) is 95.6 Å². The van der Waals surface area contributed by atoms with E-state index in [1.807, 2.05) is 25.1 Å². The van der Waals surface area contributed by atoms with Gasteiger partial charge in [-0.15, -0.1) is 0 Å². The molecular weight excluding hydrogens is 426 g/mol. The lowest BCUT2D eigenvalue weighted by Crippen LogP contribution is -2.35. The van der Waals surface area contributed by atoms with Gasteiger partial charge in [0.05, 0.1) is 10.6 Å². The molecule has 2 amide bonds. The van der Waals surface area contributed by atoms with Crippen LogP contribution in [0.5, 0.6) is 0 Å². The summed E-state index contributed by atoms with van der Waals surface area (Å²) in [4.78, 5) is 24.1. The average Bonchev–Trinajstić information content (AvgIpc) is 3.10. The highest BCUT2D eigenvalue weighted by molar-refractivity contribution is 7.92. The third-order valence-corrected chi connectivity index (χ3v) is 7.16. The van der Waals surface area contributed by atoms with Gasteiger partial charge in [-0.3, -0.25) is 13.9 Å². The van der Waals surface area contributed by atoms with Gasteiger partial charge in [-0.2, -0.15) is 0 Å². The highest BCUT2D eigenvalue weighted by Crippen LogP contribution is 2.36. The van der Waals surface area contributed by atoms with Crippen molar-refractivity contribution in [3.63, 3.8) is 0 Å². The molecule has 4 rings (SSSR count). The second-order valence-corrected chi connectivity index (χ2v) is 9.54. The van der Waals surface area contributed by atoms with Crippen LogP contribution in [0, 0.1) is 0 Å². The Morgan fingerprint density at radius 3 is 2.34 bits per heavy atom. The lowest BCUT2D eigenvalue weighted by Gasteiger charge is -2.24. The van der Waals surface area contributed by atoms with Gasteiger partial charge in [-0.1, -0.05) is 30.3 Å². The molecule has 0 aliphatic carbocycles. The Balaban J connectivity index is 1.60. The zero-order valence-electron chi connectivity index (χ0n) is 17.7. The zero-order chi connectivity index (χ0) is 22.9. The van der Waals surface area contributed by atoms with Crippen LogP contribution in [0.1, 0.15) is 29.8 Å². The number of anilines is 3. The van der Waals surface area contributed by atoms with Crippen molar-refractivity contribution < 1.29 is 18.0 Å². The predicted octanol–water partition coefficient (Wildman–Crippen LogP) is 4.04. The molecule has 1 atom stereocenters. The fourth-order valence-corrected chi connectivity index (χ4v) is 5.63. The summed E-state index contributed by atoms with van der Waals surface area (Å²) in [5.41, 5.74) is 2.90. The monoisotopic (exact) mass is 449 g/mol. The second kappa shape index (κ2) is 8.47. The minimum Gasteiger partial charge on any atom is -0.326 e. The van der Waals surface area contributed by atoms with Crippen molar-refractivity contribution in [3.05, 3.63) is 83.9 Å². The Kier molecular flexibility index (Phi) is 5.71. The lowest BCUT2D eigenvalue weighted by atomic mass is 10.1. The number of para-hydroxylation sites is 1. The Hall–Kier alpha value is -3.65. The number of amides is 2. The van der Waals surface area contributed by atoms with Gasteiger partial charge in [0, 0.05) is 29.9 Å². The molecule has 0 saturated heterocycles. The number of nitrogens with zero attached hydrogens (tertiary/aromatic N) is 1. The van der Waals surface area contributed by atoms with Gasteiger partial charge in [-0.25, -0.2) is 8.42 Å². The number of carbonyl (C=O) groups excluding carboxylic acids is 2. The van der Waals surface area contributed by atoms with E-state index in [9.17, 15) is 18.0 Å². The standard InChI is InChI=1S/C24H23N3O4S/c1-16-13-18-7-3-4-12-23(18)27(16)32(30,31)22-11-5-8-19(14-22)24(29)26-21-10-6-9-20(15-21)25-17(2)28/h3-12,14-16H,13H2,1-2H3,(H,25,28)(H,26,29)/t16-/m1/s1. The fourth-order valence-electron chi connectivity index (χ4n) is 3.90. The number of rotatable bonds is 5. The van der Waals surface area contributed by atoms with Crippen LogP contribution in [-0.4, -0.2) is 26.3 Å². The summed E-state index contributed by atoms with van der Waals surface area (Å²) >= 11 is 0. The van der Waals surface area contributed by atoms with Gasteiger partial charge in [0.1, 0.15) is 0 Å². The van der Waals surface area contributed by atoms with E-state index in [4.69, 9.17) is 0 Å². The van der Waals surface area contributed by atoms with Crippen LogP contribution in [-0.2, 0) is 21.2 Å². The second-order valence-electron chi connectivity index (χ2n) is 7.73. The SMILES string of the molecule is CC(=O)Nc1cccc(NC(=O)c2cccc(S(=O)(=O)N3c4ccccc4C[C@H]3C)c2)c1. The average molecular weight is 450 g/mol. The minimum atomic E-state index is -3.84. The van der Waals surface area contributed by atoms with E-state index in [1.54, 1.807) is 42.5 Å². The van der Waals surface area contributed by atoms with Crippen molar-refractivity contribution in [3.8, 4) is 0 Å². The van der Waals surface area contributed by atoms with Gasteiger partial charge in [0.15, 0.2) is 0 Å². The largest absolute Gasteiger partial charge is 0.326 e. The molecule has 2 N–H and O–H groups in total. The van der Waals surface area contributed by atoms with Crippen LogP contribution < -0.4 is 14.9 Å². The van der Waals surface area contributed by atoms with Gasteiger partial charge in [-0.05, 0) is 61.4 Å². The first-order valence-electron chi connectivity index (χ1n) is 10.2. The summed E-state index contributed by atoms with van der Waals surface area (Å²) in [5.74, 6) is -0.666. The molecule has 0 aromatic heterocycles. The van der Waals surface area contributed by atoms with E-state index >= 15 is 0 Å². The highest BCUT2D eigenvalue weighted by Gasteiger charge is 2.36. The van der Waals surface area contributed by atoms with Gasteiger partial charge in [0.25, 0.3) is 15.9 Å². The number of benzene rings is 3. The van der Waals surface area contributed by atoms with E-state index < -0.39 is 15.9 Å². The molecule has 8 heteroatoms. The number of hydrogen-bond donors (Lipinski definition) is 2. The Morgan fingerprint density at radius 1 is 0.906 bits per heavy atom. The van der Waals surface area contributed by atoms with E-state index in [0.29, 0.717) is 23.5 Å². The van der Waals surface area contributed by atoms with Crippen LogP contribution >= 0.6 is 0 Å². The number of sulfonamides is 1. The van der Waals surface area contributed by atoms with Crippen LogP contribution in [0.15, 0.2) is 77.7 Å². The molecule has 32 heavy (non-hydrogen) atoms. The van der Waals surface area contributed by atoms with E-state index in [2.05, 4.69) is 10.6 Å². The molecule has 7 nitrogen and oxygen atoms in total. The molecule has 0 unspecified atom stereocenters. The lowest BCUT2D eigenvalue weighted by molar-refractivity contribution is -0.114. The summed E-state index contributed by atoms with van der Waals surface area (Å²) in [6.07, 6.45) is 0.639. The van der Waals surface area contributed by atoms with Crippen molar-refractivity contribution in [2.45, 2.75) is 31.2 Å². The third kappa shape index (κ3) is 4.22. The first kappa shape index (κ1) is 21.6. The van der Waals surface area contributed by atoms with Gasteiger partial charge < -0.3 is 10.6 Å². The summed E-state index contributed by atoms with van der Waals surface area (Å²) in [6, 6.07) is 20.0. The molecule has 164 valence electrons. The van der Waals surface area contributed by atoms with Crippen LogP contribution in [0.4, 0.5) is 17.1 Å². The van der Waals surface area contributed by atoms with Crippen LogP contribution in [0.25, 0.3) is 0 Å². The zero-order valence-corrected chi connectivity index (χ0v) is 18.5. The Bertz CT molecular complexity index is 1300. The van der Waals surface area contributed by atoms with Crippen molar-refractivity contribution in [2.75, 3.05) is 14.9 Å². The van der Waals surface area contributed by atoms with E-state index in [0.717, 1.165) is 5.56 Å². The smallest absolute Gasteiger partial charge is 0.264 e. The molecular formula is C24H23N3O4S. The Morgan fingerprint density at radius 2 is 1.59 bits per heavy atom. The van der Waals surface area contributed by atoms with Crippen molar-refractivity contribution >= 4 is 38.9 Å². The maximum Gasteiger partial charge on any atom is 0.264 e. The molecule has 1 aliphatic heterocycles. The maximum atomic E-state index is 13.4. The van der Waals surface area contributed by atoms with E-state index in [1.165, 1.54) is 23.4 Å². The molecule has 0 fully saturated rings. The third-order valence-electron chi connectivity index (χ3n) is 5.24. The minimum absolute atomic E-state index is 0.0562. The summed E-state index contributed by atoms with van der Waals surface area (Å²) in [7, 11) is -3.84. The first-order chi connectivity index (χ1) is 15.3. The Labute approximate surface area is 187 Å². The molecule has 1 aliphatic rings. The van der Waals surface area contributed by atoms with Crippen LogP contribution in [0.2, 0.25) is 0 Å². The summed E-state index contributed by atoms with van der Waals surface area (Å²) in [6.45, 7) is 3.27. The van der Waals surface area contributed by atoms with Crippen molar-refractivity contribution in [2.24, 2.45) is 0 Å². The summed E-state index contributed by atoms with van der Waals surface area (Å²) < 4.78 is 28.3. The van der Waals surface area contributed by atoms with E-state index in [-0.39, 0.29) is 22.4 Å². The van der Waals surface area contributed by atoms with Crippen molar-refractivity contribution in [1.29, 1.82) is 0 Å². The molecule has 0 saturated carbocycles. The highest BCUT2D eigenvalue weighted by atomic mass is 32.2. The first-order valence-corrected chi connectivity index (χ1v) is 11.6. The number of hydrogen-bond acceptors (Lipinski definition) is 4.